The number of rotatable bonds is 2. The molecular formula is C23H20FN3. The molecule has 1 aliphatic heterocycles. The average molecular weight is 357 g/mol. The van der Waals surface area contributed by atoms with Crippen LogP contribution in [0.4, 0.5) is 10.1 Å². The third-order valence-corrected chi connectivity index (χ3v) is 4.87. The van der Waals surface area contributed by atoms with Crippen molar-refractivity contribution < 1.29 is 4.39 Å². The highest BCUT2D eigenvalue weighted by Crippen LogP contribution is 2.35. The van der Waals surface area contributed by atoms with Crippen LogP contribution in [0.2, 0.25) is 0 Å². The molecule has 0 spiro atoms. The topological polar surface area (TPSA) is 49.1 Å². The Labute approximate surface area is 158 Å². The Balaban J connectivity index is 1.84. The third-order valence-electron chi connectivity index (χ3n) is 4.87. The van der Waals surface area contributed by atoms with Gasteiger partial charge in [0, 0.05) is 34.8 Å². The smallest absolute Gasteiger partial charge is 0.126 e. The molecule has 1 aromatic heterocycles. The van der Waals surface area contributed by atoms with Crippen molar-refractivity contribution in [3.8, 4) is 22.4 Å². The van der Waals surface area contributed by atoms with Gasteiger partial charge in [-0.05, 0) is 66.8 Å². The minimum atomic E-state index is -0.221. The lowest BCUT2D eigenvalue weighted by Crippen LogP contribution is -2.04. The number of aryl methyl sites for hydroxylation is 1. The Morgan fingerprint density at radius 1 is 1.04 bits per heavy atom. The van der Waals surface area contributed by atoms with Crippen molar-refractivity contribution in [3.05, 3.63) is 71.7 Å². The zero-order valence-electron chi connectivity index (χ0n) is 15.3. The van der Waals surface area contributed by atoms with Gasteiger partial charge in [0.1, 0.15) is 5.82 Å². The fraction of sp³-hybridized carbons (Fsp3) is 0.174. The van der Waals surface area contributed by atoms with E-state index in [1.807, 2.05) is 42.6 Å². The maximum atomic E-state index is 13.7. The quantitative estimate of drug-likeness (QED) is 0.603. The summed E-state index contributed by atoms with van der Waals surface area (Å²) in [5.41, 5.74) is 6.50. The highest BCUT2D eigenvalue weighted by Gasteiger charge is 2.17. The molecule has 1 unspecified atom stereocenters. The molecule has 27 heavy (non-hydrogen) atoms. The number of pyridine rings is 1. The van der Waals surface area contributed by atoms with Gasteiger partial charge in [0.05, 0.1) is 11.4 Å². The van der Waals surface area contributed by atoms with E-state index in [4.69, 9.17) is 5.41 Å². The monoisotopic (exact) mass is 357 g/mol. The summed E-state index contributed by atoms with van der Waals surface area (Å²) in [5, 5.41) is 8.43. The van der Waals surface area contributed by atoms with Crippen LogP contribution >= 0.6 is 0 Å². The third kappa shape index (κ3) is 3.31. The van der Waals surface area contributed by atoms with Crippen LogP contribution in [0.3, 0.4) is 0 Å². The molecule has 1 N–H and O–H groups in total. The van der Waals surface area contributed by atoms with E-state index < -0.39 is 0 Å². The number of hydrogen-bond acceptors (Lipinski definition) is 3. The van der Waals surface area contributed by atoms with Crippen LogP contribution in [0.5, 0.6) is 0 Å². The summed E-state index contributed by atoms with van der Waals surface area (Å²) < 4.78 is 13.7. The summed E-state index contributed by atoms with van der Waals surface area (Å²) >= 11 is 0. The molecule has 0 saturated carbocycles. The zero-order valence-corrected chi connectivity index (χ0v) is 15.3. The van der Waals surface area contributed by atoms with Crippen LogP contribution in [-0.4, -0.2) is 16.9 Å². The fourth-order valence-corrected chi connectivity index (χ4v) is 3.41. The number of nitrogens with one attached hydrogen (secondary N) is 1. The highest BCUT2D eigenvalue weighted by atomic mass is 19.1. The molecule has 134 valence electrons. The van der Waals surface area contributed by atoms with Gasteiger partial charge in [0.2, 0.25) is 0 Å². The van der Waals surface area contributed by atoms with E-state index in [0.717, 1.165) is 33.6 Å². The van der Waals surface area contributed by atoms with E-state index in [0.29, 0.717) is 17.7 Å². The summed E-state index contributed by atoms with van der Waals surface area (Å²) in [6.07, 6.45) is 4.34. The molecule has 1 atom stereocenters. The van der Waals surface area contributed by atoms with Gasteiger partial charge in [-0.15, -0.1) is 0 Å². The predicted molar refractivity (Wildman–Crippen MR) is 109 cm³/mol. The van der Waals surface area contributed by atoms with Gasteiger partial charge in [0.15, 0.2) is 0 Å². The van der Waals surface area contributed by atoms with Crippen molar-refractivity contribution in [2.75, 3.05) is 0 Å². The van der Waals surface area contributed by atoms with Gasteiger partial charge in [-0.1, -0.05) is 19.1 Å². The van der Waals surface area contributed by atoms with Crippen molar-refractivity contribution in [3.63, 3.8) is 0 Å². The lowest BCUT2D eigenvalue weighted by atomic mass is 9.94. The van der Waals surface area contributed by atoms with Crippen LogP contribution in [0, 0.1) is 24.1 Å². The Kier molecular flexibility index (Phi) is 4.40. The normalized spacial score (nSPS) is 16.1. The predicted octanol–water partition coefficient (Wildman–Crippen LogP) is 5.97. The number of halogens is 1. The van der Waals surface area contributed by atoms with E-state index >= 15 is 0 Å². The molecular weight excluding hydrogens is 337 g/mol. The molecule has 4 rings (SSSR count). The number of nitrogens with zero attached hydrogens (tertiary/aromatic N) is 2. The van der Waals surface area contributed by atoms with Crippen molar-refractivity contribution in [2.45, 2.75) is 20.3 Å². The summed E-state index contributed by atoms with van der Waals surface area (Å²) in [7, 11) is 0. The van der Waals surface area contributed by atoms with Crippen molar-refractivity contribution in [1.29, 1.82) is 5.41 Å². The van der Waals surface area contributed by atoms with Crippen LogP contribution in [0.15, 0.2) is 59.7 Å². The van der Waals surface area contributed by atoms with E-state index in [1.165, 1.54) is 6.07 Å². The zero-order chi connectivity index (χ0) is 19.0. The van der Waals surface area contributed by atoms with Crippen molar-refractivity contribution in [1.82, 2.24) is 4.98 Å². The summed E-state index contributed by atoms with van der Waals surface area (Å²) in [6.45, 7) is 3.82. The largest absolute Gasteiger partial charge is 0.305 e. The second-order valence-electron chi connectivity index (χ2n) is 7.03. The molecule has 0 aliphatic carbocycles. The first-order chi connectivity index (χ1) is 13.0. The molecule has 0 bridgehead atoms. The average Bonchev–Trinajstić information content (AvgIpc) is 2.82. The van der Waals surface area contributed by atoms with E-state index in [-0.39, 0.29) is 11.7 Å². The fourth-order valence-electron chi connectivity index (χ4n) is 3.41. The maximum Gasteiger partial charge on any atom is 0.126 e. The van der Waals surface area contributed by atoms with Crippen molar-refractivity contribution in [2.24, 2.45) is 10.9 Å². The SMILES string of the molecule is Cc1cc(-c2ncccc2-c2ccc3c(c2)C(=N)CC(C)C=N3)ccc1F. The highest BCUT2D eigenvalue weighted by molar-refractivity contribution is 6.06. The molecule has 2 heterocycles. The van der Waals surface area contributed by atoms with Gasteiger partial charge in [-0.3, -0.25) is 9.98 Å². The standard InChI is InChI=1S/C23H20FN3/c1-14-10-21(25)19-12-16(6-8-22(19)27-13-14)18-4-3-9-26-23(18)17-5-7-20(24)15(2)11-17/h3-9,11-14,25H,10H2,1-2H3. The molecule has 2 aromatic carbocycles. The van der Waals surface area contributed by atoms with Gasteiger partial charge >= 0.3 is 0 Å². The van der Waals surface area contributed by atoms with E-state index in [9.17, 15) is 4.39 Å². The molecule has 0 fully saturated rings. The lowest BCUT2D eigenvalue weighted by Gasteiger charge is -2.12. The van der Waals surface area contributed by atoms with Gasteiger partial charge in [0.25, 0.3) is 0 Å². The number of benzene rings is 2. The van der Waals surface area contributed by atoms with Crippen LogP contribution in [0.1, 0.15) is 24.5 Å². The minimum Gasteiger partial charge on any atom is -0.305 e. The molecule has 0 saturated heterocycles. The van der Waals surface area contributed by atoms with Gasteiger partial charge in [-0.25, -0.2) is 4.39 Å². The molecule has 3 nitrogen and oxygen atoms in total. The first-order valence-electron chi connectivity index (χ1n) is 9.01. The number of aliphatic imine (C=N–C) groups is 1. The first kappa shape index (κ1) is 17.3. The Bertz CT molecular complexity index is 1070. The Morgan fingerprint density at radius 3 is 2.67 bits per heavy atom. The minimum absolute atomic E-state index is 0.221. The maximum absolute atomic E-state index is 13.7. The van der Waals surface area contributed by atoms with Crippen LogP contribution in [-0.2, 0) is 0 Å². The van der Waals surface area contributed by atoms with Gasteiger partial charge in [-0.2, -0.15) is 0 Å². The first-order valence-corrected chi connectivity index (χ1v) is 9.01. The second-order valence-corrected chi connectivity index (χ2v) is 7.03. The van der Waals surface area contributed by atoms with Crippen LogP contribution in [0.25, 0.3) is 22.4 Å². The number of fused-ring (bicyclic) bond motifs is 1. The number of aromatic nitrogens is 1. The van der Waals surface area contributed by atoms with Crippen molar-refractivity contribution >= 4 is 17.6 Å². The second kappa shape index (κ2) is 6.88. The van der Waals surface area contributed by atoms with E-state index in [2.05, 4.69) is 16.9 Å². The molecule has 0 amide bonds. The Morgan fingerprint density at radius 2 is 1.85 bits per heavy atom. The molecule has 4 heteroatoms. The molecule has 1 aliphatic rings. The summed E-state index contributed by atoms with van der Waals surface area (Å²) in [6, 6.07) is 14.9. The Hall–Kier alpha value is -3.14. The molecule has 0 radical (unpaired) electrons. The van der Waals surface area contributed by atoms with E-state index in [1.54, 1.807) is 19.2 Å². The summed E-state index contributed by atoms with van der Waals surface area (Å²) in [4.78, 5) is 9.08. The number of hydrogen-bond donors (Lipinski definition) is 1. The van der Waals surface area contributed by atoms with Gasteiger partial charge < -0.3 is 5.41 Å². The lowest BCUT2D eigenvalue weighted by molar-refractivity contribution is 0.619. The molecule has 3 aromatic rings. The van der Waals surface area contributed by atoms with Crippen LogP contribution < -0.4 is 0 Å². The summed E-state index contributed by atoms with van der Waals surface area (Å²) in [5.74, 6) is 0.0335.